The van der Waals surface area contributed by atoms with Gasteiger partial charge in [0.25, 0.3) is 0 Å². The molecule has 0 aliphatic carbocycles. The van der Waals surface area contributed by atoms with Crippen molar-refractivity contribution < 1.29 is 4.42 Å². The molecule has 2 heterocycles. The van der Waals surface area contributed by atoms with E-state index < -0.39 is 0 Å². The second-order valence-electron chi connectivity index (χ2n) is 4.43. The lowest BCUT2D eigenvalue weighted by atomic mass is 10.2. The topological polar surface area (TPSA) is 38.1 Å². The van der Waals surface area contributed by atoms with Gasteiger partial charge in [-0.25, -0.2) is 4.98 Å². The molecular formula is C15H13BrN2OS. The van der Waals surface area contributed by atoms with Crippen molar-refractivity contribution in [1.29, 1.82) is 0 Å². The van der Waals surface area contributed by atoms with E-state index in [0.29, 0.717) is 0 Å². The van der Waals surface area contributed by atoms with E-state index >= 15 is 0 Å². The summed E-state index contributed by atoms with van der Waals surface area (Å²) >= 11 is 4.96. The van der Waals surface area contributed by atoms with Crippen LogP contribution < -0.4 is 5.32 Å². The van der Waals surface area contributed by atoms with Crippen molar-refractivity contribution in [1.82, 2.24) is 4.98 Å². The van der Waals surface area contributed by atoms with Gasteiger partial charge < -0.3 is 9.73 Å². The highest BCUT2D eigenvalue weighted by molar-refractivity contribution is 9.10. The average Bonchev–Trinajstić information content (AvgIpc) is 3.10. The Bertz CT molecular complexity index is 693. The summed E-state index contributed by atoms with van der Waals surface area (Å²) in [4.78, 5) is 4.33. The molecule has 20 heavy (non-hydrogen) atoms. The molecule has 1 unspecified atom stereocenters. The van der Waals surface area contributed by atoms with Crippen LogP contribution in [0.5, 0.6) is 0 Å². The highest BCUT2D eigenvalue weighted by Gasteiger charge is 2.10. The Morgan fingerprint density at radius 3 is 2.90 bits per heavy atom. The molecule has 0 saturated carbocycles. The van der Waals surface area contributed by atoms with E-state index in [4.69, 9.17) is 4.42 Å². The third-order valence-corrected chi connectivity index (χ3v) is 4.19. The van der Waals surface area contributed by atoms with Crippen molar-refractivity contribution >= 4 is 33.0 Å². The number of hydrogen-bond acceptors (Lipinski definition) is 4. The fraction of sp³-hybridized carbons (Fsp3) is 0.133. The summed E-state index contributed by atoms with van der Waals surface area (Å²) in [5.74, 6) is 0.900. The second kappa shape index (κ2) is 5.81. The molecular weight excluding hydrogens is 336 g/mol. The fourth-order valence-electron chi connectivity index (χ4n) is 1.99. The van der Waals surface area contributed by atoms with Crippen LogP contribution in [0.2, 0.25) is 0 Å². The first-order chi connectivity index (χ1) is 9.72. The van der Waals surface area contributed by atoms with Crippen LogP contribution in [-0.2, 0) is 0 Å². The van der Waals surface area contributed by atoms with Crippen molar-refractivity contribution in [2.45, 2.75) is 13.0 Å². The van der Waals surface area contributed by atoms with Crippen LogP contribution in [-0.4, -0.2) is 4.98 Å². The van der Waals surface area contributed by atoms with Gasteiger partial charge in [-0.05, 0) is 47.1 Å². The zero-order valence-corrected chi connectivity index (χ0v) is 13.2. The van der Waals surface area contributed by atoms with E-state index in [2.05, 4.69) is 45.3 Å². The van der Waals surface area contributed by atoms with Gasteiger partial charge in [0.1, 0.15) is 10.8 Å². The molecule has 1 atom stereocenters. The summed E-state index contributed by atoms with van der Waals surface area (Å²) in [6, 6.07) is 12.2. The number of benzene rings is 1. The number of thiazole rings is 1. The number of anilines is 1. The zero-order valence-electron chi connectivity index (χ0n) is 10.8. The van der Waals surface area contributed by atoms with Gasteiger partial charge in [-0.3, -0.25) is 0 Å². The van der Waals surface area contributed by atoms with Crippen molar-refractivity contribution in [3.8, 4) is 10.6 Å². The maximum Gasteiger partial charge on any atom is 0.169 e. The van der Waals surface area contributed by atoms with E-state index in [1.807, 2.05) is 35.8 Å². The minimum Gasteiger partial charge on any atom is -0.452 e. The Labute approximate surface area is 129 Å². The SMILES string of the molecule is CC(Nc1cccc(-c2nccs2)c1)c1ccc(Br)o1. The van der Waals surface area contributed by atoms with Crippen molar-refractivity contribution in [2.24, 2.45) is 0 Å². The molecule has 0 amide bonds. The molecule has 0 aliphatic rings. The van der Waals surface area contributed by atoms with E-state index in [-0.39, 0.29) is 6.04 Å². The molecule has 1 aromatic carbocycles. The Kier molecular flexibility index (Phi) is 3.89. The Balaban J connectivity index is 1.79. The highest BCUT2D eigenvalue weighted by atomic mass is 79.9. The summed E-state index contributed by atoms with van der Waals surface area (Å²) < 4.78 is 6.31. The molecule has 0 fully saturated rings. The zero-order chi connectivity index (χ0) is 13.9. The summed E-state index contributed by atoms with van der Waals surface area (Å²) in [5.41, 5.74) is 2.18. The second-order valence-corrected chi connectivity index (χ2v) is 6.10. The van der Waals surface area contributed by atoms with E-state index in [0.717, 1.165) is 26.7 Å². The summed E-state index contributed by atoms with van der Waals surface area (Å²) in [6.07, 6.45) is 1.82. The number of rotatable bonds is 4. The first-order valence-corrected chi connectivity index (χ1v) is 7.91. The van der Waals surface area contributed by atoms with Crippen molar-refractivity contribution in [2.75, 3.05) is 5.32 Å². The van der Waals surface area contributed by atoms with Crippen molar-refractivity contribution in [3.05, 3.63) is 58.4 Å². The van der Waals surface area contributed by atoms with Gasteiger partial charge in [0.2, 0.25) is 0 Å². The number of nitrogens with zero attached hydrogens (tertiary/aromatic N) is 1. The van der Waals surface area contributed by atoms with Crippen LogP contribution in [0.25, 0.3) is 10.6 Å². The Hall–Kier alpha value is -1.59. The van der Waals surface area contributed by atoms with Gasteiger partial charge >= 0.3 is 0 Å². The van der Waals surface area contributed by atoms with Crippen molar-refractivity contribution in [3.63, 3.8) is 0 Å². The molecule has 3 aromatic rings. The summed E-state index contributed by atoms with van der Waals surface area (Å²) in [5, 5.41) is 6.45. The minimum atomic E-state index is 0.104. The largest absolute Gasteiger partial charge is 0.452 e. The first kappa shape index (κ1) is 13.4. The molecule has 0 spiro atoms. The molecule has 0 aliphatic heterocycles. The van der Waals surface area contributed by atoms with Crippen LogP contribution in [0.15, 0.2) is 57.1 Å². The quantitative estimate of drug-likeness (QED) is 0.691. The number of nitrogens with one attached hydrogen (secondary N) is 1. The monoisotopic (exact) mass is 348 g/mol. The van der Waals surface area contributed by atoms with Crippen LogP contribution in [0, 0.1) is 0 Å². The van der Waals surface area contributed by atoms with E-state index in [9.17, 15) is 0 Å². The number of hydrogen-bond donors (Lipinski definition) is 1. The summed E-state index contributed by atoms with van der Waals surface area (Å²) in [6.45, 7) is 2.07. The number of furan rings is 1. The molecule has 0 saturated heterocycles. The Morgan fingerprint density at radius 2 is 2.20 bits per heavy atom. The number of halogens is 1. The third kappa shape index (κ3) is 2.94. The summed E-state index contributed by atoms with van der Waals surface area (Å²) in [7, 11) is 0. The molecule has 2 aromatic heterocycles. The first-order valence-electron chi connectivity index (χ1n) is 6.24. The van der Waals surface area contributed by atoms with Gasteiger partial charge in [0.05, 0.1) is 6.04 Å². The molecule has 3 rings (SSSR count). The lowest BCUT2D eigenvalue weighted by Gasteiger charge is -2.13. The molecule has 0 radical (unpaired) electrons. The van der Waals surface area contributed by atoms with Gasteiger partial charge in [0.15, 0.2) is 4.67 Å². The smallest absolute Gasteiger partial charge is 0.169 e. The maximum absolute atomic E-state index is 5.56. The predicted molar refractivity (Wildman–Crippen MR) is 86.0 cm³/mol. The fourth-order valence-corrected chi connectivity index (χ4v) is 2.94. The van der Waals surface area contributed by atoms with E-state index in [1.54, 1.807) is 11.3 Å². The van der Waals surface area contributed by atoms with Crippen LogP contribution in [0.1, 0.15) is 18.7 Å². The lowest BCUT2D eigenvalue weighted by Crippen LogP contribution is -2.05. The van der Waals surface area contributed by atoms with Gasteiger partial charge in [0, 0.05) is 22.8 Å². The van der Waals surface area contributed by atoms with Crippen LogP contribution in [0.4, 0.5) is 5.69 Å². The predicted octanol–water partition coefficient (Wildman–Crippen LogP) is 5.34. The molecule has 5 heteroatoms. The van der Waals surface area contributed by atoms with Crippen LogP contribution >= 0.6 is 27.3 Å². The molecule has 1 N–H and O–H groups in total. The molecule has 102 valence electrons. The maximum atomic E-state index is 5.56. The average molecular weight is 349 g/mol. The number of aromatic nitrogens is 1. The highest BCUT2D eigenvalue weighted by Crippen LogP contribution is 2.27. The van der Waals surface area contributed by atoms with Crippen LogP contribution in [0.3, 0.4) is 0 Å². The standard InChI is InChI=1S/C15H13BrN2OS/c1-10(13-5-6-14(16)19-13)18-12-4-2-3-11(9-12)15-17-7-8-20-15/h2-10,18H,1H3. The normalized spacial score (nSPS) is 12.3. The third-order valence-electron chi connectivity index (χ3n) is 2.95. The van der Waals surface area contributed by atoms with Gasteiger partial charge in [-0.2, -0.15) is 0 Å². The lowest BCUT2D eigenvalue weighted by molar-refractivity contribution is 0.471. The molecule has 3 nitrogen and oxygen atoms in total. The van der Waals surface area contributed by atoms with Gasteiger partial charge in [-0.15, -0.1) is 11.3 Å². The minimum absolute atomic E-state index is 0.104. The van der Waals surface area contributed by atoms with E-state index in [1.165, 1.54) is 0 Å². The van der Waals surface area contributed by atoms with Gasteiger partial charge in [-0.1, -0.05) is 12.1 Å². The Morgan fingerprint density at radius 1 is 1.30 bits per heavy atom. The molecule has 0 bridgehead atoms.